The number of unbranched alkanes of at least 4 members (excludes halogenated alkanes) is 10. The van der Waals surface area contributed by atoms with E-state index in [-0.39, 0.29) is 0 Å². The largest absolute Gasteiger partial charge is 0.362 e. The number of nitrogens with one attached hydrogen (secondary N) is 8. The maximum Gasteiger partial charge on any atom is 0.166 e. The predicted molar refractivity (Wildman–Crippen MR) is 246 cm³/mol. The van der Waals surface area contributed by atoms with E-state index in [4.69, 9.17) is 48.9 Å². The quantitative estimate of drug-likeness (QED) is 0.0703. The smallest absolute Gasteiger partial charge is 0.166 e. The van der Waals surface area contributed by atoms with Crippen LogP contribution < -0.4 is 42.5 Å². The van der Waals surface area contributed by atoms with Crippen molar-refractivity contribution in [1.29, 1.82) is 0 Å². The summed E-state index contributed by atoms with van der Waals surface area (Å²) < 4.78 is 0. The molecule has 0 saturated carbocycles. The topological polar surface area (TPSA) is 96.2 Å². The molecule has 0 saturated heterocycles. The van der Waals surface area contributed by atoms with Gasteiger partial charge in [0.05, 0.1) is 0 Å². The molecule has 2 aromatic rings. The van der Waals surface area contributed by atoms with E-state index in [0.29, 0.717) is 58.5 Å². The first-order chi connectivity index (χ1) is 26.3. The molecular formula is C42H68N8S4. The molecule has 0 unspecified atom stereocenters. The van der Waals surface area contributed by atoms with Crippen LogP contribution in [0.2, 0.25) is 0 Å². The van der Waals surface area contributed by atoms with E-state index < -0.39 is 0 Å². The third kappa shape index (κ3) is 21.3. The molecule has 0 spiro atoms. The van der Waals surface area contributed by atoms with Gasteiger partial charge in [0.25, 0.3) is 0 Å². The molecule has 54 heavy (non-hydrogen) atoms. The fourth-order valence-electron chi connectivity index (χ4n) is 6.61. The zero-order chi connectivity index (χ0) is 38.6. The number of benzene rings is 2. The summed E-state index contributed by atoms with van der Waals surface area (Å²) >= 11 is 22.9. The van der Waals surface area contributed by atoms with Gasteiger partial charge in [-0.25, -0.2) is 0 Å². The molecule has 8 nitrogen and oxygen atoms in total. The van der Waals surface area contributed by atoms with Crippen molar-refractivity contribution in [3.63, 3.8) is 0 Å². The number of hydrogen-bond acceptors (Lipinski definition) is 4. The second kappa shape index (κ2) is 28.6. The van der Waals surface area contributed by atoms with Gasteiger partial charge in [-0.2, -0.15) is 0 Å². The van der Waals surface area contributed by atoms with Crippen LogP contribution in [0.1, 0.15) is 126 Å². The lowest BCUT2D eigenvalue weighted by Crippen LogP contribution is -2.43. The first-order valence-corrected chi connectivity index (χ1v) is 22.2. The van der Waals surface area contributed by atoms with Crippen molar-refractivity contribution in [3.8, 4) is 0 Å². The standard InChI is InChI=1S/C42H68N8S4/c1-3-5-7-9-11-13-17-37-29-47-39(51)43-25-33-19-15-21-35(23-33)27-45-41(53)49-31-38(18-14-12-10-8-6-4-2)32-50-42(54)46-28-36-22-16-20-34(24-36)26-44-40(52)48-30-37/h15-16,19-24,37-38H,3-14,17-18,25-32H2,1-2H3,(H2,43,47,51)(H2,44,48,52)(H2,45,49,53)(H2,46,50,54). The van der Waals surface area contributed by atoms with Gasteiger partial charge in [-0.3, -0.25) is 0 Å². The number of hydrogen-bond donors (Lipinski definition) is 8. The maximum atomic E-state index is 5.72. The van der Waals surface area contributed by atoms with Crippen molar-refractivity contribution in [2.24, 2.45) is 11.8 Å². The molecule has 0 amide bonds. The zero-order valence-corrected chi connectivity index (χ0v) is 36.2. The van der Waals surface area contributed by atoms with Gasteiger partial charge >= 0.3 is 0 Å². The van der Waals surface area contributed by atoms with Crippen molar-refractivity contribution in [2.45, 2.75) is 130 Å². The third-order valence-electron chi connectivity index (χ3n) is 9.93. The van der Waals surface area contributed by atoms with Crippen LogP contribution in [0.4, 0.5) is 0 Å². The summed E-state index contributed by atoms with van der Waals surface area (Å²) in [6, 6.07) is 17.1. The molecule has 3 rings (SSSR count). The Hall–Kier alpha value is -2.80. The monoisotopic (exact) mass is 812 g/mol. The summed E-state index contributed by atoms with van der Waals surface area (Å²) in [5.41, 5.74) is 4.69. The van der Waals surface area contributed by atoms with Gasteiger partial charge in [0.15, 0.2) is 20.4 Å². The van der Waals surface area contributed by atoms with Crippen LogP contribution in [0, 0.1) is 11.8 Å². The summed E-state index contributed by atoms with van der Waals surface area (Å²) in [7, 11) is 0. The van der Waals surface area contributed by atoms with E-state index in [9.17, 15) is 0 Å². The van der Waals surface area contributed by atoms with E-state index in [0.717, 1.165) is 39.0 Å². The minimum absolute atomic E-state index is 0.395. The van der Waals surface area contributed by atoms with Crippen molar-refractivity contribution < 1.29 is 0 Å². The molecule has 300 valence electrons. The lowest BCUT2D eigenvalue weighted by molar-refractivity contribution is 0.438. The van der Waals surface area contributed by atoms with Crippen LogP contribution >= 0.6 is 48.9 Å². The van der Waals surface area contributed by atoms with Crippen LogP contribution in [-0.4, -0.2) is 46.6 Å². The molecule has 4 bridgehead atoms. The average Bonchev–Trinajstić information content (AvgIpc) is 3.18. The molecule has 1 aliphatic rings. The highest BCUT2D eigenvalue weighted by Gasteiger charge is 2.13. The van der Waals surface area contributed by atoms with Crippen LogP contribution in [-0.2, 0) is 26.2 Å². The van der Waals surface area contributed by atoms with Crippen molar-refractivity contribution in [1.82, 2.24) is 42.5 Å². The van der Waals surface area contributed by atoms with Crippen molar-refractivity contribution >= 4 is 69.3 Å². The van der Waals surface area contributed by atoms with Crippen LogP contribution in [0.15, 0.2) is 48.5 Å². The highest BCUT2D eigenvalue weighted by atomic mass is 32.1. The molecule has 0 fully saturated rings. The highest BCUT2D eigenvalue weighted by molar-refractivity contribution is 7.80. The van der Waals surface area contributed by atoms with Gasteiger partial charge in [-0.1, -0.05) is 139 Å². The fourth-order valence-corrected chi connectivity index (χ4v) is 7.23. The van der Waals surface area contributed by atoms with E-state index >= 15 is 0 Å². The van der Waals surface area contributed by atoms with Crippen LogP contribution in [0.5, 0.6) is 0 Å². The minimum atomic E-state index is 0.395. The molecule has 8 N–H and O–H groups in total. The normalized spacial score (nSPS) is 18.5. The SMILES string of the molecule is CCCCCCCCC1CNC(=S)NCc2cccc(c2)CNC(=S)NCC(CCCCCCCC)CNC(=S)NCc2cccc(c2)CNC(=S)NC1. The molecule has 0 radical (unpaired) electrons. The van der Waals surface area contributed by atoms with Gasteiger partial charge < -0.3 is 42.5 Å². The number of thiocarbonyl (C=S) groups is 4. The Morgan fingerprint density at radius 3 is 0.981 bits per heavy atom. The maximum absolute atomic E-state index is 5.72. The van der Waals surface area contributed by atoms with E-state index in [1.165, 1.54) is 99.3 Å². The van der Waals surface area contributed by atoms with Gasteiger partial charge in [-0.05, 0) is 95.8 Å². The summed E-state index contributed by atoms with van der Waals surface area (Å²) in [6.45, 7) is 10.3. The molecule has 0 atom stereocenters. The summed E-state index contributed by atoms with van der Waals surface area (Å²) in [4.78, 5) is 0. The Morgan fingerprint density at radius 1 is 0.407 bits per heavy atom. The highest BCUT2D eigenvalue weighted by Crippen LogP contribution is 2.14. The Morgan fingerprint density at radius 2 is 0.685 bits per heavy atom. The second-order valence-electron chi connectivity index (χ2n) is 14.7. The summed E-state index contributed by atoms with van der Waals surface area (Å²) in [5.74, 6) is 0.791. The van der Waals surface area contributed by atoms with E-state index in [2.05, 4.69) is 105 Å². The van der Waals surface area contributed by atoms with Crippen molar-refractivity contribution in [3.05, 3.63) is 70.8 Å². The lowest BCUT2D eigenvalue weighted by atomic mass is 10.00. The van der Waals surface area contributed by atoms with Gasteiger partial charge in [0.2, 0.25) is 0 Å². The van der Waals surface area contributed by atoms with Gasteiger partial charge in [-0.15, -0.1) is 0 Å². The number of fused-ring (bicyclic) bond motifs is 4. The van der Waals surface area contributed by atoms with Crippen LogP contribution in [0.25, 0.3) is 0 Å². The summed E-state index contributed by atoms with van der Waals surface area (Å²) in [5, 5.41) is 30.3. The second-order valence-corrected chi connectivity index (χ2v) is 16.4. The Kier molecular flexibility index (Phi) is 24.1. The van der Waals surface area contributed by atoms with E-state index in [1.807, 2.05) is 0 Å². The molecule has 0 aromatic heterocycles. The Bertz CT molecular complexity index is 1210. The molecular weight excluding hydrogens is 745 g/mol. The van der Waals surface area contributed by atoms with Gasteiger partial charge in [0, 0.05) is 52.4 Å². The van der Waals surface area contributed by atoms with Crippen LogP contribution in [0.3, 0.4) is 0 Å². The Balaban J connectivity index is 1.64. The fraction of sp³-hybridized carbons (Fsp3) is 0.619. The van der Waals surface area contributed by atoms with Crippen molar-refractivity contribution in [2.75, 3.05) is 26.2 Å². The zero-order valence-electron chi connectivity index (χ0n) is 33.0. The predicted octanol–water partition coefficient (Wildman–Crippen LogP) is 7.99. The summed E-state index contributed by atoms with van der Waals surface area (Å²) in [6.07, 6.45) is 17.6. The third-order valence-corrected chi connectivity index (χ3v) is 11.1. The van der Waals surface area contributed by atoms with E-state index in [1.54, 1.807) is 0 Å². The molecule has 1 heterocycles. The lowest BCUT2D eigenvalue weighted by Gasteiger charge is -2.21. The minimum Gasteiger partial charge on any atom is -0.362 e. The first kappa shape index (κ1) is 45.6. The Labute approximate surface area is 348 Å². The van der Waals surface area contributed by atoms with Gasteiger partial charge in [0.1, 0.15) is 0 Å². The molecule has 2 aromatic carbocycles. The number of rotatable bonds is 14. The first-order valence-electron chi connectivity index (χ1n) is 20.6. The average molecular weight is 813 g/mol. The molecule has 1 aliphatic heterocycles. The molecule has 0 aliphatic carbocycles. The molecule has 12 heteroatoms.